The highest BCUT2D eigenvalue weighted by molar-refractivity contribution is 5.55. The molecule has 6 heteroatoms. The van der Waals surface area contributed by atoms with E-state index in [9.17, 15) is 13.2 Å². The summed E-state index contributed by atoms with van der Waals surface area (Å²) >= 11 is 0. The van der Waals surface area contributed by atoms with Gasteiger partial charge in [-0.15, -0.1) is 13.2 Å². The minimum atomic E-state index is -4.73. The van der Waals surface area contributed by atoms with Crippen LogP contribution >= 0.6 is 0 Å². The van der Waals surface area contributed by atoms with Crippen LogP contribution in [0.5, 0.6) is 5.75 Å². The Hall–Kier alpha value is -1.72. The lowest BCUT2D eigenvalue weighted by Gasteiger charge is -2.11. The van der Waals surface area contributed by atoms with Crippen molar-refractivity contribution in [2.45, 2.75) is 6.36 Å². The van der Waals surface area contributed by atoms with Gasteiger partial charge in [0.2, 0.25) is 0 Å². The molecule has 2 N–H and O–H groups in total. The zero-order valence-electron chi connectivity index (χ0n) is 6.80. The number of nitrogens with zero attached hydrogens (tertiary/aromatic N) is 1. The normalized spacial score (nSPS) is 13.4. The van der Waals surface area contributed by atoms with E-state index in [-0.39, 0.29) is 5.69 Å². The third kappa shape index (κ3) is 1.50. The fourth-order valence-electron chi connectivity index (χ4n) is 1.10. The van der Waals surface area contributed by atoms with E-state index in [1.807, 2.05) is 0 Å². The molecule has 1 heterocycles. The third-order valence-electron chi connectivity index (χ3n) is 1.73. The van der Waals surface area contributed by atoms with Gasteiger partial charge in [0.1, 0.15) is 0 Å². The van der Waals surface area contributed by atoms with Crippen LogP contribution in [0.2, 0.25) is 0 Å². The summed E-state index contributed by atoms with van der Waals surface area (Å²) < 4.78 is 39.3. The number of anilines is 1. The van der Waals surface area contributed by atoms with Crippen LogP contribution < -0.4 is 21.0 Å². The molecule has 74 valence electrons. The monoisotopic (exact) mass is 202 g/mol. The van der Waals surface area contributed by atoms with Crippen molar-refractivity contribution >= 4 is 11.9 Å². The molecule has 0 bridgehead atoms. The Morgan fingerprint density at radius 3 is 2.50 bits per heavy atom. The maximum Gasteiger partial charge on any atom is 0.573 e. The second-order valence-corrected chi connectivity index (χ2v) is 2.75. The highest BCUT2D eigenvalue weighted by Crippen LogP contribution is 2.25. The Kier molecular flexibility index (Phi) is 1.67. The molecule has 0 atom stereocenters. The summed E-state index contributed by atoms with van der Waals surface area (Å²) in [5.74, 6) is -0.409. The zero-order chi connectivity index (χ0) is 10.3. The van der Waals surface area contributed by atoms with Gasteiger partial charge >= 0.3 is 6.36 Å². The number of ether oxygens (including phenoxy) is 1. The van der Waals surface area contributed by atoms with Gasteiger partial charge in [0, 0.05) is 17.5 Å². The third-order valence-corrected chi connectivity index (χ3v) is 1.73. The Morgan fingerprint density at radius 1 is 1.29 bits per heavy atom. The molecular weight excluding hydrogens is 197 g/mol. The van der Waals surface area contributed by atoms with Crippen molar-refractivity contribution in [2.24, 2.45) is 4.99 Å². The van der Waals surface area contributed by atoms with Crippen molar-refractivity contribution in [3.05, 3.63) is 22.7 Å². The van der Waals surface area contributed by atoms with Crippen LogP contribution in [0.25, 0.3) is 6.20 Å². The van der Waals surface area contributed by atoms with Crippen molar-refractivity contribution in [3.63, 3.8) is 0 Å². The first-order valence-corrected chi connectivity index (χ1v) is 3.69. The maximum atomic E-state index is 11.9. The molecule has 0 aliphatic carbocycles. The van der Waals surface area contributed by atoms with E-state index >= 15 is 0 Å². The molecule has 0 spiro atoms. The Balaban J connectivity index is 2.41. The molecule has 3 nitrogen and oxygen atoms in total. The van der Waals surface area contributed by atoms with Gasteiger partial charge in [-0.1, -0.05) is 0 Å². The molecule has 2 rings (SSSR count). The molecule has 0 radical (unpaired) electrons. The van der Waals surface area contributed by atoms with Crippen LogP contribution in [0.4, 0.5) is 18.9 Å². The van der Waals surface area contributed by atoms with E-state index in [1.165, 1.54) is 12.3 Å². The van der Waals surface area contributed by atoms with Gasteiger partial charge in [-0.2, -0.15) is 0 Å². The quantitative estimate of drug-likeness (QED) is 0.675. The second kappa shape index (κ2) is 2.63. The molecule has 1 aliphatic heterocycles. The van der Waals surface area contributed by atoms with Crippen molar-refractivity contribution in [1.29, 1.82) is 0 Å². The topological polar surface area (TPSA) is 47.6 Å². The number of benzene rings is 1. The van der Waals surface area contributed by atoms with E-state index in [0.29, 0.717) is 5.36 Å². The Labute approximate surface area is 76.3 Å². The molecule has 0 amide bonds. The number of nitrogen functional groups attached to an aromatic ring is 1. The van der Waals surface area contributed by atoms with Gasteiger partial charge in [0.25, 0.3) is 0 Å². The lowest BCUT2D eigenvalue weighted by molar-refractivity contribution is -0.274. The highest BCUT2D eigenvalue weighted by Gasteiger charge is 2.32. The van der Waals surface area contributed by atoms with Gasteiger partial charge in [-0.25, -0.2) is 0 Å². The number of fused-ring (bicyclic) bond motifs is 1. The standard InChI is InChI=1S/C8H5F3N2O/c9-8(10,11)14-7-2-6-4(3-13-6)1-5(7)12/h1-3H,12H2. The minimum Gasteiger partial charge on any atom is -0.404 e. The summed E-state index contributed by atoms with van der Waals surface area (Å²) in [6, 6.07) is 2.56. The lowest BCUT2D eigenvalue weighted by atomic mass is 10.2. The van der Waals surface area contributed by atoms with Gasteiger partial charge in [0.05, 0.1) is 11.0 Å². The van der Waals surface area contributed by atoms with Gasteiger partial charge in [-0.05, 0) is 6.07 Å². The summed E-state index contributed by atoms with van der Waals surface area (Å²) in [7, 11) is 0. The Morgan fingerprint density at radius 2 is 2.00 bits per heavy atom. The smallest absolute Gasteiger partial charge is 0.404 e. The van der Waals surface area contributed by atoms with E-state index in [0.717, 1.165) is 11.3 Å². The van der Waals surface area contributed by atoms with Crippen LogP contribution in [0.1, 0.15) is 0 Å². The summed E-state index contributed by atoms with van der Waals surface area (Å²) in [6.45, 7) is 0. The number of rotatable bonds is 1. The lowest BCUT2D eigenvalue weighted by Crippen LogP contribution is -2.32. The summed E-state index contributed by atoms with van der Waals surface area (Å²) in [5.41, 5.74) is 5.30. The number of halogens is 3. The second-order valence-electron chi connectivity index (χ2n) is 2.75. The summed E-state index contributed by atoms with van der Waals surface area (Å²) in [4.78, 5) is 3.74. The minimum absolute atomic E-state index is 0.0489. The highest BCUT2D eigenvalue weighted by atomic mass is 19.4. The molecule has 1 aliphatic rings. The number of hydrogen-bond donors (Lipinski definition) is 1. The van der Waals surface area contributed by atoms with E-state index in [2.05, 4.69) is 9.73 Å². The first-order chi connectivity index (χ1) is 6.46. The van der Waals surface area contributed by atoms with E-state index < -0.39 is 12.1 Å². The molecule has 0 fully saturated rings. The fraction of sp³-hybridized carbons (Fsp3) is 0.125. The molecule has 0 aromatic heterocycles. The van der Waals surface area contributed by atoms with Crippen LogP contribution in [0.15, 0.2) is 17.1 Å². The first kappa shape index (κ1) is 8.86. The number of nitrogens with two attached hydrogens (primary N) is 1. The fourth-order valence-corrected chi connectivity index (χ4v) is 1.10. The average molecular weight is 202 g/mol. The molecule has 0 saturated carbocycles. The molecule has 1 aromatic rings. The van der Waals surface area contributed by atoms with Crippen molar-refractivity contribution in [3.8, 4) is 5.75 Å². The average Bonchev–Trinajstić information content (AvgIpc) is 2.01. The van der Waals surface area contributed by atoms with Gasteiger partial charge in [-0.3, -0.25) is 4.99 Å². The van der Waals surface area contributed by atoms with Gasteiger partial charge < -0.3 is 10.5 Å². The predicted molar refractivity (Wildman–Crippen MR) is 42.8 cm³/mol. The molecule has 1 aromatic carbocycles. The number of alkyl halides is 3. The molecule has 0 saturated heterocycles. The van der Waals surface area contributed by atoms with E-state index in [1.54, 1.807) is 0 Å². The molecule has 14 heavy (non-hydrogen) atoms. The Bertz CT molecular complexity index is 493. The summed E-state index contributed by atoms with van der Waals surface area (Å²) in [6.07, 6.45) is -3.21. The van der Waals surface area contributed by atoms with E-state index in [4.69, 9.17) is 5.73 Å². The summed E-state index contributed by atoms with van der Waals surface area (Å²) in [5, 5.41) is 1.18. The zero-order valence-corrected chi connectivity index (χ0v) is 6.80. The van der Waals surface area contributed by atoms with Crippen molar-refractivity contribution in [2.75, 3.05) is 5.73 Å². The number of hydrogen-bond acceptors (Lipinski definition) is 3. The predicted octanol–water partition coefficient (Wildman–Crippen LogP) is 0.539. The van der Waals surface area contributed by atoms with Crippen molar-refractivity contribution < 1.29 is 17.9 Å². The SMILES string of the molecule is Nc1cc2c(cc1OC(F)(F)F)=NC=2. The van der Waals surface area contributed by atoms with Gasteiger partial charge in [0.15, 0.2) is 5.75 Å². The van der Waals surface area contributed by atoms with Crippen LogP contribution in [0, 0.1) is 0 Å². The van der Waals surface area contributed by atoms with Crippen molar-refractivity contribution in [1.82, 2.24) is 0 Å². The van der Waals surface area contributed by atoms with Crippen LogP contribution in [-0.4, -0.2) is 6.36 Å². The van der Waals surface area contributed by atoms with Crippen LogP contribution in [-0.2, 0) is 0 Å². The molecule has 0 unspecified atom stereocenters. The maximum absolute atomic E-state index is 11.9. The van der Waals surface area contributed by atoms with Crippen LogP contribution in [0.3, 0.4) is 0 Å². The first-order valence-electron chi connectivity index (χ1n) is 3.69. The largest absolute Gasteiger partial charge is 0.573 e. The molecular formula is C8H5F3N2O.